The van der Waals surface area contributed by atoms with Crippen molar-refractivity contribution in [3.05, 3.63) is 42.5 Å². The molecule has 1 fully saturated rings. The highest BCUT2D eigenvalue weighted by Gasteiger charge is 2.42. The van der Waals surface area contributed by atoms with Gasteiger partial charge in [0.05, 0.1) is 6.54 Å². The number of hydrogen-bond acceptors (Lipinski definition) is 3. The molecule has 4 rings (SSSR count). The minimum atomic E-state index is -0.313. The second-order valence-corrected chi connectivity index (χ2v) is 4.88. The van der Waals surface area contributed by atoms with Crippen molar-refractivity contribution in [1.29, 1.82) is 0 Å². The first-order valence-electron chi connectivity index (χ1n) is 6.67. The van der Waals surface area contributed by atoms with Gasteiger partial charge in [-0.1, -0.05) is 30.4 Å². The number of rotatable bonds is 3. The Kier molecular flexibility index (Phi) is 3.41. The van der Waals surface area contributed by atoms with Crippen LogP contribution >= 0.6 is 0 Å². The first kappa shape index (κ1) is 12.7. The van der Waals surface area contributed by atoms with Crippen LogP contribution in [0.2, 0.25) is 0 Å². The van der Waals surface area contributed by atoms with Gasteiger partial charge in [0.2, 0.25) is 5.91 Å². The predicted octanol–water partition coefficient (Wildman–Crippen LogP) is 0.675. The molecular weight excluding hydrogens is 256 g/mol. The Balaban J connectivity index is 1.62. The third kappa shape index (κ3) is 2.39. The summed E-state index contributed by atoms with van der Waals surface area (Å²) in [6.45, 7) is 1.71. The number of carbonyl (C=O) groups excluding carboxylic acids is 2. The second kappa shape index (κ2) is 5.36. The molecule has 20 heavy (non-hydrogen) atoms. The highest BCUT2D eigenvalue weighted by Crippen LogP contribution is 2.19. The Morgan fingerprint density at radius 2 is 1.95 bits per heavy atom. The van der Waals surface area contributed by atoms with Gasteiger partial charge in [-0.2, -0.15) is 0 Å². The summed E-state index contributed by atoms with van der Waals surface area (Å²) in [5, 5.41) is 0. The van der Waals surface area contributed by atoms with Gasteiger partial charge < -0.3 is 14.5 Å². The molecule has 0 aliphatic carbocycles. The number of hydrogen-bond donors (Lipinski definition) is 0. The smallest absolute Gasteiger partial charge is 0.261 e. The fourth-order valence-corrected chi connectivity index (χ4v) is 2.41. The third-order valence-corrected chi connectivity index (χ3v) is 3.59. The maximum atomic E-state index is 12.2. The molecule has 0 radical (unpaired) electrons. The maximum absolute atomic E-state index is 12.2. The van der Waals surface area contributed by atoms with Gasteiger partial charge in [-0.3, -0.25) is 9.59 Å². The van der Waals surface area contributed by atoms with Crippen LogP contribution in [0, 0.1) is 0 Å². The molecule has 0 spiro atoms. The zero-order valence-electron chi connectivity index (χ0n) is 11.1. The molecular formula is C15H16N2O3. The van der Waals surface area contributed by atoms with Crippen molar-refractivity contribution in [3.63, 3.8) is 0 Å². The van der Waals surface area contributed by atoms with Crippen molar-refractivity contribution in [3.8, 4) is 5.75 Å². The molecule has 5 nitrogen and oxygen atoms in total. The summed E-state index contributed by atoms with van der Waals surface area (Å²) in [6.07, 6.45) is 3.84. The molecule has 3 heterocycles. The Bertz CT molecular complexity index is 541. The summed E-state index contributed by atoms with van der Waals surface area (Å²) in [7, 11) is 0. The van der Waals surface area contributed by atoms with Crippen LogP contribution in [-0.4, -0.2) is 53.9 Å². The molecule has 0 unspecified atom stereocenters. The van der Waals surface area contributed by atoms with Gasteiger partial charge in [0, 0.05) is 13.1 Å². The van der Waals surface area contributed by atoms with Gasteiger partial charge >= 0.3 is 0 Å². The number of nitrogens with zero attached hydrogens (tertiary/aromatic N) is 2. The van der Waals surface area contributed by atoms with E-state index in [-0.39, 0.29) is 24.5 Å². The fraction of sp³-hybridized carbons (Fsp3) is 0.333. The van der Waals surface area contributed by atoms with E-state index >= 15 is 0 Å². The maximum Gasteiger partial charge on any atom is 0.261 e. The number of para-hydroxylation sites is 1. The van der Waals surface area contributed by atoms with E-state index in [2.05, 4.69) is 0 Å². The quantitative estimate of drug-likeness (QED) is 0.600. The summed E-state index contributed by atoms with van der Waals surface area (Å²) >= 11 is 0. The second-order valence-electron chi connectivity index (χ2n) is 4.88. The molecule has 1 saturated heterocycles. The van der Waals surface area contributed by atoms with Crippen LogP contribution in [0.3, 0.4) is 0 Å². The van der Waals surface area contributed by atoms with E-state index in [1.165, 1.54) is 0 Å². The zero-order valence-corrected chi connectivity index (χ0v) is 11.1. The molecule has 0 saturated carbocycles. The van der Waals surface area contributed by atoms with Crippen LogP contribution in [0.1, 0.15) is 0 Å². The minimum Gasteiger partial charge on any atom is -0.484 e. The number of fused-ring (bicyclic) bond motifs is 3. The zero-order chi connectivity index (χ0) is 13.9. The summed E-state index contributed by atoms with van der Waals surface area (Å²) in [5.74, 6) is 0.533. The molecule has 0 N–H and O–H groups in total. The van der Waals surface area contributed by atoms with Crippen LogP contribution < -0.4 is 4.74 Å². The van der Waals surface area contributed by atoms with E-state index in [0.717, 1.165) is 0 Å². The lowest BCUT2D eigenvalue weighted by Crippen LogP contribution is -2.66. The summed E-state index contributed by atoms with van der Waals surface area (Å²) in [6, 6.07) is 8.89. The van der Waals surface area contributed by atoms with Crippen LogP contribution in [0.15, 0.2) is 42.5 Å². The molecule has 1 aromatic carbocycles. The van der Waals surface area contributed by atoms with Gasteiger partial charge in [0.15, 0.2) is 6.61 Å². The monoisotopic (exact) mass is 272 g/mol. The number of ether oxygens (including phenoxy) is 1. The summed E-state index contributed by atoms with van der Waals surface area (Å²) in [5.41, 5.74) is 0. The molecule has 2 bridgehead atoms. The Hall–Kier alpha value is -2.30. The van der Waals surface area contributed by atoms with Crippen molar-refractivity contribution in [2.45, 2.75) is 6.04 Å². The number of benzene rings is 1. The van der Waals surface area contributed by atoms with E-state index in [4.69, 9.17) is 4.74 Å². The first-order chi connectivity index (χ1) is 9.75. The first-order valence-corrected chi connectivity index (χ1v) is 6.67. The minimum absolute atomic E-state index is 0.0300. The van der Waals surface area contributed by atoms with Crippen molar-refractivity contribution in [1.82, 2.24) is 9.80 Å². The Morgan fingerprint density at radius 3 is 2.70 bits per heavy atom. The average molecular weight is 272 g/mol. The lowest BCUT2D eigenvalue weighted by Gasteiger charge is -2.44. The number of amides is 2. The van der Waals surface area contributed by atoms with Crippen molar-refractivity contribution >= 4 is 11.8 Å². The van der Waals surface area contributed by atoms with Crippen molar-refractivity contribution in [2.75, 3.05) is 26.2 Å². The lowest BCUT2D eigenvalue weighted by molar-refractivity contribution is -0.157. The molecule has 3 aliphatic heterocycles. The van der Waals surface area contributed by atoms with Crippen LogP contribution in [0.25, 0.3) is 0 Å². The van der Waals surface area contributed by atoms with E-state index in [9.17, 15) is 9.59 Å². The highest BCUT2D eigenvalue weighted by atomic mass is 16.5. The topological polar surface area (TPSA) is 49.9 Å². The van der Waals surface area contributed by atoms with E-state index < -0.39 is 0 Å². The lowest BCUT2D eigenvalue weighted by atomic mass is 10.0. The van der Waals surface area contributed by atoms with E-state index in [0.29, 0.717) is 25.4 Å². The average Bonchev–Trinajstić information content (AvgIpc) is 2.44. The van der Waals surface area contributed by atoms with Crippen molar-refractivity contribution < 1.29 is 14.3 Å². The SMILES string of the molecule is O=C1[C@@H]2CN1C/C=C\CN2C(=O)COc1ccccc1. The van der Waals surface area contributed by atoms with Crippen LogP contribution in [0.5, 0.6) is 5.75 Å². The molecule has 1 atom stereocenters. The largest absolute Gasteiger partial charge is 0.484 e. The van der Waals surface area contributed by atoms with Gasteiger partial charge in [-0.15, -0.1) is 0 Å². The predicted molar refractivity (Wildman–Crippen MR) is 73.2 cm³/mol. The molecule has 1 aromatic rings. The molecule has 104 valence electrons. The summed E-state index contributed by atoms with van der Waals surface area (Å²) in [4.78, 5) is 27.4. The van der Waals surface area contributed by atoms with Gasteiger partial charge in [-0.25, -0.2) is 0 Å². The van der Waals surface area contributed by atoms with E-state index in [1.807, 2.05) is 30.4 Å². The van der Waals surface area contributed by atoms with Crippen LogP contribution in [0.4, 0.5) is 0 Å². The number of carbonyl (C=O) groups is 2. The third-order valence-electron chi connectivity index (χ3n) is 3.59. The number of β-lactam (4-membered cyclic amide) rings is 1. The van der Waals surface area contributed by atoms with Gasteiger partial charge in [-0.05, 0) is 12.1 Å². The summed E-state index contributed by atoms with van der Waals surface area (Å²) < 4.78 is 5.45. The molecule has 0 aromatic heterocycles. The highest BCUT2D eigenvalue weighted by molar-refractivity contribution is 5.93. The fourth-order valence-electron chi connectivity index (χ4n) is 2.41. The van der Waals surface area contributed by atoms with E-state index in [1.54, 1.807) is 21.9 Å². The Labute approximate surface area is 117 Å². The Morgan fingerprint density at radius 1 is 1.20 bits per heavy atom. The molecule has 5 heteroatoms. The standard InChI is InChI=1S/C15H16N2O3/c18-14(11-20-12-6-2-1-3-7-12)17-9-5-4-8-16-10-13(17)15(16)19/h1-7,13H,8-11H2/b5-4-/t13-/m0/s1. The van der Waals surface area contributed by atoms with Crippen LogP contribution in [-0.2, 0) is 9.59 Å². The molecule has 3 aliphatic rings. The van der Waals surface area contributed by atoms with Gasteiger partial charge in [0.1, 0.15) is 11.8 Å². The normalized spacial score (nSPS) is 22.6. The van der Waals surface area contributed by atoms with Gasteiger partial charge in [0.25, 0.3) is 5.91 Å². The van der Waals surface area contributed by atoms with Crippen molar-refractivity contribution in [2.24, 2.45) is 0 Å². The molecule has 2 amide bonds.